The molecule has 0 saturated carbocycles. The number of tetrazole rings is 1. The van der Waals surface area contributed by atoms with Crippen molar-refractivity contribution >= 4 is 35.0 Å². The number of rotatable bonds is 9. The Kier molecular flexibility index (Phi) is 7.18. The average molecular weight is 475 g/mol. The largest absolute Gasteiger partial charge is 0.310 e. The molecule has 0 aliphatic carbocycles. The number of hydrogen-bond acceptors (Lipinski definition) is 7. The molecule has 8 nitrogen and oxygen atoms in total. The van der Waals surface area contributed by atoms with Crippen molar-refractivity contribution in [3.63, 3.8) is 0 Å². The van der Waals surface area contributed by atoms with Crippen molar-refractivity contribution in [2.24, 2.45) is 7.05 Å². The Balaban J connectivity index is 1.44. The van der Waals surface area contributed by atoms with Crippen LogP contribution in [0.15, 0.2) is 53.7 Å². The van der Waals surface area contributed by atoms with Crippen LogP contribution in [-0.2, 0) is 20.1 Å². The highest BCUT2D eigenvalue weighted by molar-refractivity contribution is 7.99. The Bertz CT molecular complexity index is 1150. The molecule has 1 N–H and O–H groups in total. The molecule has 31 heavy (non-hydrogen) atoms. The molecule has 160 valence electrons. The van der Waals surface area contributed by atoms with Gasteiger partial charge in [-0.1, -0.05) is 71.4 Å². The third-order valence-corrected chi connectivity index (χ3v) is 6.22. The van der Waals surface area contributed by atoms with E-state index in [-0.39, 0.29) is 0 Å². The van der Waals surface area contributed by atoms with Gasteiger partial charge in [-0.05, 0) is 28.1 Å². The summed E-state index contributed by atoms with van der Waals surface area (Å²) < 4.78 is 1.66. The van der Waals surface area contributed by atoms with Crippen molar-refractivity contribution < 1.29 is 0 Å². The highest BCUT2D eigenvalue weighted by Crippen LogP contribution is 2.24. The van der Waals surface area contributed by atoms with Crippen molar-refractivity contribution in [1.82, 2.24) is 40.5 Å². The molecule has 0 unspecified atom stereocenters. The summed E-state index contributed by atoms with van der Waals surface area (Å²) in [6, 6.07) is 15.6. The SMILES string of the molecule is Cn1nnnc1SCCNCc1nn(Cc2ccc(Cl)c(Cl)c2)nc1-c1ccccc1. The lowest BCUT2D eigenvalue weighted by molar-refractivity contribution is 0.579. The third kappa shape index (κ3) is 5.62. The number of nitrogens with zero attached hydrogens (tertiary/aromatic N) is 7. The van der Waals surface area contributed by atoms with E-state index in [1.165, 1.54) is 0 Å². The molecule has 4 rings (SSSR count). The minimum absolute atomic E-state index is 0.506. The first kappa shape index (κ1) is 21.8. The van der Waals surface area contributed by atoms with Crippen LogP contribution in [0.25, 0.3) is 11.3 Å². The van der Waals surface area contributed by atoms with Gasteiger partial charge in [-0.3, -0.25) is 0 Å². The first-order valence-corrected chi connectivity index (χ1v) is 11.3. The van der Waals surface area contributed by atoms with Crippen LogP contribution < -0.4 is 5.32 Å². The van der Waals surface area contributed by atoms with Crippen molar-refractivity contribution in [2.45, 2.75) is 18.2 Å². The van der Waals surface area contributed by atoms with Crippen molar-refractivity contribution in [1.29, 1.82) is 0 Å². The molecule has 2 heterocycles. The summed E-state index contributed by atoms with van der Waals surface area (Å²) in [5.41, 5.74) is 3.76. The van der Waals surface area contributed by atoms with E-state index >= 15 is 0 Å². The molecule has 2 aromatic carbocycles. The van der Waals surface area contributed by atoms with Crippen LogP contribution in [0.5, 0.6) is 0 Å². The van der Waals surface area contributed by atoms with Crippen molar-refractivity contribution in [3.05, 3.63) is 69.8 Å². The van der Waals surface area contributed by atoms with E-state index in [0.717, 1.165) is 40.0 Å². The second-order valence-electron chi connectivity index (χ2n) is 6.75. The Morgan fingerprint density at radius 3 is 2.61 bits per heavy atom. The molecule has 2 aromatic heterocycles. The first-order valence-electron chi connectivity index (χ1n) is 9.59. The summed E-state index contributed by atoms with van der Waals surface area (Å²) in [4.78, 5) is 1.69. The van der Waals surface area contributed by atoms with Gasteiger partial charge in [0.1, 0.15) is 11.4 Å². The van der Waals surface area contributed by atoms with Crippen LogP contribution in [0.2, 0.25) is 10.0 Å². The lowest BCUT2D eigenvalue weighted by Gasteiger charge is -2.04. The maximum absolute atomic E-state index is 6.15. The number of thioether (sulfide) groups is 1. The predicted octanol–water partition coefficient (Wildman–Crippen LogP) is 3.71. The monoisotopic (exact) mass is 474 g/mol. The Hall–Kier alpha value is -2.46. The molecular formula is C20H20Cl2N8S. The molecule has 0 aliphatic heterocycles. The van der Waals surface area contributed by atoms with Gasteiger partial charge in [0.2, 0.25) is 5.16 Å². The van der Waals surface area contributed by atoms with E-state index in [9.17, 15) is 0 Å². The highest BCUT2D eigenvalue weighted by atomic mass is 35.5. The van der Waals surface area contributed by atoms with Crippen LogP contribution in [-0.4, -0.2) is 47.5 Å². The maximum atomic E-state index is 6.15. The van der Waals surface area contributed by atoms with Gasteiger partial charge in [-0.15, -0.1) is 5.10 Å². The Morgan fingerprint density at radius 2 is 1.87 bits per heavy atom. The number of hydrogen-bond donors (Lipinski definition) is 1. The Labute approximate surface area is 193 Å². The number of aryl methyl sites for hydroxylation is 1. The molecule has 0 atom stereocenters. The summed E-state index contributed by atoms with van der Waals surface area (Å²) in [5, 5.41) is 26.2. The summed E-state index contributed by atoms with van der Waals surface area (Å²) in [7, 11) is 1.83. The molecule has 0 aliphatic rings. The van der Waals surface area contributed by atoms with Crippen LogP contribution in [0.4, 0.5) is 0 Å². The van der Waals surface area contributed by atoms with Crippen molar-refractivity contribution in [3.8, 4) is 11.3 Å². The maximum Gasteiger partial charge on any atom is 0.209 e. The van der Waals surface area contributed by atoms with Gasteiger partial charge in [0.15, 0.2) is 0 Å². The number of nitrogens with one attached hydrogen (secondary N) is 1. The number of benzene rings is 2. The van der Waals surface area contributed by atoms with Crippen LogP contribution >= 0.6 is 35.0 Å². The van der Waals surface area contributed by atoms with Gasteiger partial charge in [-0.2, -0.15) is 15.0 Å². The summed E-state index contributed by atoms with van der Waals surface area (Å²) >= 11 is 13.8. The van der Waals surface area contributed by atoms with Crippen LogP contribution in [0.1, 0.15) is 11.3 Å². The standard InChI is InChI=1S/C20H20Cl2N8S/c1-29-20(24-27-28-29)31-10-9-23-12-18-19(15-5-3-2-4-6-15)26-30(25-18)13-14-7-8-16(21)17(22)11-14/h2-8,11,23H,9-10,12-13H2,1H3. The zero-order valence-electron chi connectivity index (χ0n) is 16.7. The molecule has 0 saturated heterocycles. The fourth-order valence-corrected chi connectivity index (χ4v) is 4.03. The molecule has 4 aromatic rings. The van der Waals surface area contributed by atoms with Gasteiger partial charge in [-0.25, -0.2) is 4.68 Å². The van der Waals surface area contributed by atoms with Crippen LogP contribution in [0, 0.1) is 0 Å². The van der Waals surface area contributed by atoms with E-state index in [1.807, 2.05) is 49.5 Å². The van der Waals surface area contributed by atoms with Gasteiger partial charge >= 0.3 is 0 Å². The van der Waals surface area contributed by atoms with Crippen LogP contribution in [0.3, 0.4) is 0 Å². The van der Waals surface area contributed by atoms with E-state index in [4.69, 9.17) is 33.4 Å². The van der Waals surface area contributed by atoms with Crippen molar-refractivity contribution in [2.75, 3.05) is 12.3 Å². The lowest BCUT2D eigenvalue weighted by atomic mass is 10.1. The lowest BCUT2D eigenvalue weighted by Crippen LogP contribution is -2.18. The van der Waals surface area contributed by atoms with E-state index < -0.39 is 0 Å². The summed E-state index contributed by atoms with van der Waals surface area (Å²) in [6.07, 6.45) is 0. The van der Waals surface area contributed by atoms with E-state index in [2.05, 4.69) is 20.8 Å². The zero-order valence-corrected chi connectivity index (χ0v) is 19.1. The average Bonchev–Trinajstić information content (AvgIpc) is 3.37. The molecule has 0 amide bonds. The molecule has 0 radical (unpaired) electrons. The molecule has 0 bridgehead atoms. The number of aromatic nitrogens is 7. The highest BCUT2D eigenvalue weighted by Gasteiger charge is 2.14. The van der Waals surface area contributed by atoms with E-state index in [0.29, 0.717) is 23.1 Å². The van der Waals surface area contributed by atoms with Gasteiger partial charge in [0.25, 0.3) is 0 Å². The normalized spacial score (nSPS) is 11.2. The fraction of sp³-hybridized carbons (Fsp3) is 0.250. The molecule has 11 heteroatoms. The molecular weight excluding hydrogens is 455 g/mol. The van der Waals surface area contributed by atoms with Gasteiger partial charge in [0, 0.05) is 31.5 Å². The number of halogens is 2. The topological polar surface area (TPSA) is 86.3 Å². The Morgan fingerprint density at radius 1 is 1.03 bits per heavy atom. The minimum atomic E-state index is 0.506. The van der Waals surface area contributed by atoms with E-state index in [1.54, 1.807) is 27.3 Å². The van der Waals surface area contributed by atoms with Gasteiger partial charge in [0.05, 0.1) is 16.6 Å². The minimum Gasteiger partial charge on any atom is -0.310 e. The molecule has 0 fully saturated rings. The summed E-state index contributed by atoms with van der Waals surface area (Å²) in [5.74, 6) is 0.840. The first-order chi connectivity index (χ1) is 15.1. The second kappa shape index (κ2) is 10.2. The smallest absolute Gasteiger partial charge is 0.209 e. The third-order valence-electron chi connectivity index (χ3n) is 4.46. The predicted molar refractivity (Wildman–Crippen MR) is 122 cm³/mol. The second-order valence-corrected chi connectivity index (χ2v) is 8.63. The van der Waals surface area contributed by atoms with Gasteiger partial charge < -0.3 is 5.32 Å². The summed E-state index contributed by atoms with van der Waals surface area (Å²) in [6.45, 7) is 1.89. The zero-order chi connectivity index (χ0) is 21.6. The quantitative estimate of drug-likeness (QED) is 0.292. The molecule has 0 spiro atoms. The fourth-order valence-electron chi connectivity index (χ4n) is 2.96.